The van der Waals surface area contributed by atoms with Crippen molar-refractivity contribution in [1.82, 2.24) is 0 Å². The third-order valence-electron chi connectivity index (χ3n) is 13.0. The van der Waals surface area contributed by atoms with Crippen LogP contribution in [0.4, 0.5) is 11.4 Å². The predicted octanol–water partition coefficient (Wildman–Crippen LogP) is 16.0. The van der Waals surface area contributed by atoms with Gasteiger partial charge in [-0.1, -0.05) is 176 Å². The Morgan fingerprint density at radius 1 is 0.645 bits per heavy atom. The summed E-state index contributed by atoms with van der Waals surface area (Å²) in [5, 5.41) is 1.14. The highest BCUT2D eigenvalue weighted by molar-refractivity contribution is 5.98. The van der Waals surface area contributed by atoms with Gasteiger partial charge in [-0.2, -0.15) is 0 Å². The van der Waals surface area contributed by atoms with E-state index in [0.717, 1.165) is 68.9 Å². The van der Waals surface area contributed by atoms with Crippen LogP contribution in [0.3, 0.4) is 0 Å². The first-order chi connectivity index (χ1) is 30.4. The maximum absolute atomic E-state index is 6.92. The monoisotopic (exact) mass is 799 g/mol. The van der Waals surface area contributed by atoms with E-state index >= 15 is 0 Å². The highest BCUT2D eigenvalue weighted by Crippen LogP contribution is 2.57. The third-order valence-corrected chi connectivity index (χ3v) is 13.0. The average molecular weight is 800 g/mol. The number of benzene rings is 7. The Hall–Kier alpha value is -7.42. The fourth-order valence-electron chi connectivity index (χ4n) is 10.0. The number of allylic oxidation sites excluding steroid dienone is 6. The molecule has 0 saturated carbocycles. The van der Waals surface area contributed by atoms with Gasteiger partial charge in [0.25, 0.3) is 0 Å². The van der Waals surface area contributed by atoms with E-state index in [1.807, 2.05) is 6.08 Å². The van der Waals surface area contributed by atoms with Gasteiger partial charge >= 0.3 is 0 Å². The Morgan fingerprint density at radius 2 is 1.26 bits per heavy atom. The summed E-state index contributed by atoms with van der Waals surface area (Å²) in [6.07, 6.45) is 11.0. The molecule has 0 unspecified atom stereocenters. The highest BCUT2D eigenvalue weighted by atomic mass is 16.3. The zero-order chi connectivity index (χ0) is 42.2. The zero-order valence-corrected chi connectivity index (χ0v) is 35.6. The van der Waals surface area contributed by atoms with Crippen LogP contribution < -0.4 is 4.90 Å². The predicted molar refractivity (Wildman–Crippen MR) is 262 cm³/mol. The van der Waals surface area contributed by atoms with E-state index in [9.17, 15) is 0 Å². The first-order valence-electron chi connectivity index (χ1n) is 21.7. The molecule has 7 aromatic carbocycles. The van der Waals surface area contributed by atoms with Gasteiger partial charge in [-0.05, 0) is 131 Å². The van der Waals surface area contributed by atoms with Crippen LogP contribution >= 0.6 is 0 Å². The maximum Gasteiger partial charge on any atom is 0.138 e. The molecule has 0 fully saturated rings. The van der Waals surface area contributed by atoms with Crippen molar-refractivity contribution < 1.29 is 4.42 Å². The van der Waals surface area contributed by atoms with E-state index in [1.165, 1.54) is 50.1 Å². The first kappa shape index (κ1) is 38.8. The minimum atomic E-state index is -0.544. The Bertz CT molecular complexity index is 3050. The Morgan fingerprint density at radius 3 is 1.94 bits per heavy atom. The molecule has 2 nitrogen and oxygen atoms in total. The van der Waals surface area contributed by atoms with Gasteiger partial charge in [-0.25, -0.2) is 0 Å². The summed E-state index contributed by atoms with van der Waals surface area (Å²) in [7, 11) is 0. The highest BCUT2D eigenvalue weighted by Gasteiger charge is 2.47. The Labute approximate surface area is 365 Å². The normalized spacial score (nSPS) is 14.7. The van der Waals surface area contributed by atoms with Crippen LogP contribution in [-0.4, -0.2) is 0 Å². The second kappa shape index (κ2) is 16.2. The fraction of sp³-hybridized carbons (Fsp3) is 0.100. The molecule has 2 heteroatoms. The number of nitrogens with zero attached hydrogens (tertiary/aromatic N) is 1. The largest absolute Gasteiger partial charge is 0.456 e. The van der Waals surface area contributed by atoms with Crippen molar-refractivity contribution in [2.45, 2.75) is 39.0 Å². The number of furan rings is 1. The van der Waals surface area contributed by atoms with Crippen molar-refractivity contribution >= 4 is 51.2 Å². The lowest BCUT2D eigenvalue weighted by Gasteiger charge is -2.35. The standard InChI is InChI=1S/C60H49NO/c1-5-44-20-15-16-23-47(44)38-41(2)61(52-34-32-46(33-35-52)49-25-19-24-48(39-49)45-21-9-6-10-22-45)53-36-37-56-55(40-53)58(59-42(3)54-30-17-18-31-57(54)62-59)43(4)60(56,50-26-11-7-12-27-50)51-28-13-8-14-29-51/h5-18,20-23,25-40H,1,19,24H2,2-4H3/b41-38+. The maximum atomic E-state index is 6.92. The van der Waals surface area contributed by atoms with E-state index < -0.39 is 5.41 Å². The number of anilines is 2. The number of aryl methyl sites for hydroxylation is 1. The van der Waals surface area contributed by atoms with Gasteiger partial charge in [0.1, 0.15) is 11.3 Å². The van der Waals surface area contributed by atoms with Crippen LogP contribution in [0.15, 0.2) is 216 Å². The minimum Gasteiger partial charge on any atom is -0.456 e. The Kier molecular flexibility index (Phi) is 10.1. The summed E-state index contributed by atoms with van der Waals surface area (Å²) < 4.78 is 6.92. The lowest BCUT2D eigenvalue weighted by Crippen LogP contribution is -2.29. The van der Waals surface area contributed by atoms with Gasteiger partial charge < -0.3 is 9.32 Å². The number of hydrogen-bond acceptors (Lipinski definition) is 2. The molecule has 0 atom stereocenters. The third kappa shape index (κ3) is 6.60. The summed E-state index contributed by atoms with van der Waals surface area (Å²) in [5.41, 5.74) is 19.4. The summed E-state index contributed by atoms with van der Waals surface area (Å²) in [5.74, 6) is 0.919. The minimum absolute atomic E-state index is 0.544. The summed E-state index contributed by atoms with van der Waals surface area (Å²) in [4.78, 5) is 2.40. The average Bonchev–Trinajstić information content (AvgIpc) is 3.79. The van der Waals surface area contributed by atoms with E-state index in [4.69, 9.17) is 4.42 Å². The molecule has 2 aliphatic carbocycles. The van der Waals surface area contributed by atoms with Crippen LogP contribution in [0.1, 0.15) is 82.5 Å². The van der Waals surface area contributed by atoms with Crippen molar-refractivity contribution in [3.05, 3.63) is 268 Å². The molecule has 0 spiro atoms. The van der Waals surface area contributed by atoms with E-state index in [-0.39, 0.29) is 0 Å². The molecule has 0 bridgehead atoms. The van der Waals surface area contributed by atoms with Crippen molar-refractivity contribution in [3.8, 4) is 0 Å². The van der Waals surface area contributed by atoms with Crippen LogP contribution in [0.2, 0.25) is 0 Å². The van der Waals surface area contributed by atoms with Crippen molar-refractivity contribution in [1.29, 1.82) is 0 Å². The van der Waals surface area contributed by atoms with Crippen LogP contribution in [-0.2, 0) is 5.41 Å². The van der Waals surface area contributed by atoms with E-state index in [2.05, 4.69) is 232 Å². The lowest BCUT2D eigenvalue weighted by molar-refractivity contribution is 0.596. The van der Waals surface area contributed by atoms with Crippen LogP contribution in [0, 0.1) is 6.92 Å². The molecule has 1 aromatic heterocycles. The van der Waals surface area contributed by atoms with Crippen LogP contribution in [0.25, 0.3) is 39.8 Å². The fourth-order valence-corrected chi connectivity index (χ4v) is 10.0. The summed E-state index contributed by atoms with van der Waals surface area (Å²) in [6.45, 7) is 10.9. The van der Waals surface area contributed by atoms with Crippen molar-refractivity contribution in [2.24, 2.45) is 0 Å². The smallest absolute Gasteiger partial charge is 0.138 e. The summed E-state index contributed by atoms with van der Waals surface area (Å²) >= 11 is 0. The molecule has 0 saturated heterocycles. The number of fused-ring (bicyclic) bond motifs is 2. The number of rotatable bonds is 10. The van der Waals surface area contributed by atoms with Gasteiger partial charge in [0, 0.05) is 33.6 Å². The van der Waals surface area contributed by atoms with Gasteiger partial charge in [-0.15, -0.1) is 0 Å². The van der Waals surface area contributed by atoms with Gasteiger partial charge in [-0.3, -0.25) is 0 Å². The SMILES string of the molecule is C=Cc1ccccc1/C=C(\C)N(c1ccc(C2=CCCC(c3ccccc3)=C2)cc1)c1ccc2c(c1)C(c1oc3ccccc3c1C)=C(C)C2(c1ccccc1)c1ccccc1. The molecule has 0 aliphatic heterocycles. The first-order valence-corrected chi connectivity index (χ1v) is 21.7. The van der Waals surface area contributed by atoms with Gasteiger partial charge in [0.15, 0.2) is 0 Å². The molecule has 0 amide bonds. The number of para-hydroxylation sites is 1. The summed E-state index contributed by atoms with van der Waals surface area (Å²) in [6, 6.07) is 65.8. The molecule has 1 heterocycles. The number of hydrogen-bond donors (Lipinski definition) is 0. The van der Waals surface area contributed by atoms with Crippen molar-refractivity contribution in [2.75, 3.05) is 4.90 Å². The molecule has 2 aliphatic rings. The van der Waals surface area contributed by atoms with Gasteiger partial charge in [0.05, 0.1) is 5.41 Å². The lowest BCUT2D eigenvalue weighted by atomic mass is 9.67. The van der Waals surface area contributed by atoms with Crippen LogP contribution in [0.5, 0.6) is 0 Å². The quantitative estimate of drug-likeness (QED) is 0.137. The van der Waals surface area contributed by atoms with Gasteiger partial charge in [0.2, 0.25) is 0 Å². The molecule has 62 heavy (non-hydrogen) atoms. The Balaban J connectivity index is 1.18. The molecule has 0 radical (unpaired) electrons. The molecule has 0 N–H and O–H groups in total. The second-order valence-corrected chi connectivity index (χ2v) is 16.5. The molecular weight excluding hydrogens is 751 g/mol. The molecule has 8 aromatic rings. The van der Waals surface area contributed by atoms with E-state index in [1.54, 1.807) is 0 Å². The topological polar surface area (TPSA) is 16.4 Å². The second-order valence-electron chi connectivity index (χ2n) is 16.5. The molecule has 300 valence electrons. The van der Waals surface area contributed by atoms with E-state index in [0.29, 0.717) is 0 Å². The van der Waals surface area contributed by atoms with Crippen molar-refractivity contribution in [3.63, 3.8) is 0 Å². The molecule has 10 rings (SSSR count). The molecular formula is C60H49NO. The zero-order valence-electron chi connectivity index (χ0n) is 35.6.